The van der Waals surface area contributed by atoms with Gasteiger partial charge in [0.1, 0.15) is 12.4 Å². The van der Waals surface area contributed by atoms with E-state index >= 15 is 0 Å². The van der Waals surface area contributed by atoms with Crippen LogP contribution in [0.2, 0.25) is 0 Å². The van der Waals surface area contributed by atoms with Crippen LogP contribution in [0.25, 0.3) is 0 Å². The standard InChI is InChI=1S/C12H20N2O2.F6P/c1-4-5-7-14(8-6-13(3)10-14)9-11(2)12(15)16;1-7(2,3,4,5)6/h6,8-9H,4-5,7,10H2,1-3H3;/q;-1/p+1. The Labute approximate surface area is 130 Å². The van der Waals surface area contributed by atoms with Gasteiger partial charge in [0.15, 0.2) is 6.67 Å². The van der Waals surface area contributed by atoms with Crippen LogP contribution in [0.3, 0.4) is 0 Å². The number of carboxylic acids is 1. The molecule has 1 aliphatic rings. The van der Waals surface area contributed by atoms with Crippen molar-refractivity contribution in [3.63, 3.8) is 0 Å². The van der Waals surface area contributed by atoms with Gasteiger partial charge < -0.3 is 10.0 Å². The summed E-state index contributed by atoms with van der Waals surface area (Å²) in [4.78, 5) is 13.0. The number of nitrogens with zero attached hydrogens (tertiary/aromatic N) is 2. The Morgan fingerprint density at radius 2 is 1.78 bits per heavy atom. The summed E-state index contributed by atoms with van der Waals surface area (Å²) >= 11 is 0. The van der Waals surface area contributed by atoms with E-state index in [2.05, 4.69) is 18.0 Å². The van der Waals surface area contributed by atoms with E-state index in [9.17, 15) is 30.0 Å². The molecule has 138 valence electrons. The van der Waals surface area contributed by atoms with Gasteiger partial charge in [0, 0.05) is 7.05 Å². The van der Waals surface area contributed by atoms with Crippen LogP contribution >= 0.6 is 7.81 Å². The van der Waals surface area contributed by atoms with E-state index in [4.69, 9.17) is 5.11 Å². The monoisotopic (exact) mass is 370 g/mol. The quantitative estimate of drug-likeness (QED) is 0.307. The number of carboxylic acid groups (broad SMARTS) is 1. The summed E-state index contributed by atoms with van der Waals surface area (Å²) in [6.45, 7) is 5.58. The first kappa shape index (κ1) is 21.7. The van der Waals surface area contributed by atoms with E-state index in [0.29, 0.717) is 10.1 Å². The van der Waals surface area contributed by atoms with E-state index in [-0.39, 0.29) is 0 Å². The molecule has 23 heavy (non-hydrogen) atoms. The predicted octanol–water partition coefficient (Wildman–Crippen LogP) is 5.35. The van der Waals surface area contributed by atoms with Crippen molar-refractivity contribution in [1.82, 2.24) is 4.90 Å². The molecule has 0 amide bonds. The molecule has 11 heteroatoms. The van der Waals surface area contributed by atoms with Crippen molar-refractivity contribution in [2.45, 2.75) is 26.7 Å². The zero-order chi connectivity index (χ0) is 18.6. The third-order valence-corrected chi connectivity index (χ3v) is 2.82. The van der Waals surface area contributed by atoms with Crippen LogP contribution < -0.4 is 0 Å². The van der Waals surface area contributed by atoms with Crippen LogP contribution in [0.15, 0.2) is 24.2 Å². The van der Waals surface area contributed by atoms with Crippen LogP contribution in [0.4, 0.5) is 25.2 Å². The Morgan fingerprint density at radius 1 is 1.30 bits per heavy atom. The topological polar surface area (TPSA) is 40.5 Å². The molecule has 1 N–H and O–H groups in total. The van der Waals surface area contributed by atoms with Crippen molar-refractivity contribution in [1.29, 1.82) is 0 Å². The summed E-state index contributed by atoms with van der Waals surface area (Å²) in [7, 11) is -8.65. The third-order valence-electron chi connectivity index (χ3n) is 2.82. The van der Waals surface area contributed by atoms with Crippen molar-refractivity contribution in [2.75, 3.05) is 20.3 Å². The second-order valence-electron chi connectivity index (χ2n) is 5.45. The van der Waals surface area contributed by atoms with Crippen LogP contribution in [0.5, 0.6) is 0 Å². The van der Waals surface area contributed by atoms with Gasteiger partial charge in [-0.3, -0.25) is 4.48 Å². The van der Waals surface area contributed by atoms with Crippen molar-refractivity contribution in [2.24, 2.45) is 0 Å². The fourth-order valence-corrected chi connectivity index (χ4v) is 1.94. The molecule has 0 saturated heterocycles. The molecule has 1 atom stereocenters. The number of aliphatic carboxylic acids is 1. The SMILES string of the molecule is CCCC[N+]1(C=C(C)C(=O)O)C=CN(C)C1.F[P-](F)(F)(F)(F)F. The fraction of sp³-hybridized carbons (Fsp3) is 0.583. The molecular weight excluding hydrogens is 349 g/mol. The number of rotatable bonds is 5. The Balaban J connectivity index is 0.000000585. The summed E-state index contributed by atoms with van der Waals surface area (Å²) in [6.07, 6.45) is 8.15. The predicted molar refractivity (Wildman–Crippen MR) is 76.8 cm³/mol. The summed E-state index contributed by atoms with van der Waals surface area (Å²) < 4.78 is 59.8. The van der Waals surface area contributed by atoms with Crippen LogP contribution in [-0.4, -0.2) is 40.7 Å². The molecule has 0 aromatic rings. The Bertz CT molecular complexity index is 491. The summed E-state index contributed by atoms with van der Waals surface area (Å²) in [6, 6.07) is 0. The molecule has 0 aromatic carbocycles. The zero-order valence-electron chi connectivity index (χ0n) is 13.0. The fourth-order valence-electron chi connectivity index (χ4n) is 1.94. The molecular formula is C12H21F6N2O2P. The second-order valence-corrected chi connectivity index (χ2v) is 7.37. The molecule has 0 bridgehead atoms. The molecule has 1 rings (SSSR count). The molecule has 0 radical (unpaired) electrons. The van der Waals surface area contributed by atoms with E-state index in [0.717, 1.165) is 26.1 Å². The van der Waals surface area contributed by atoms with E-state index < -0.39 is 13.8 Å². The molecule has 0 aliphatic carbocycles. The number of carbonyl (C=O) groups is 1. The summed E-state index contributed by atoms with van der Waals surface area (Å²) in [5.41, 5.74) is 0.413. The van der Waals surface area contributed by atoms with E-state index in [1.807, 2.05) is 19.4 Å². The van der Waals surface area contributed by atoms with E-state index in [1.54, 1.807) is 6.92 Å². The summed E-state index contributed by atoms with van der Waals surface area (Å²) in [5, 5.41) is 8.93. The minimum absolute atomic E-state index is 0.413. The Morgan fingerprint density at radius 3 is 2.09 bits per heavy atom. The molecule has 0 aromatic heterocycles. The van der Waals surface area contributed by atoms with Gasteiger partial charge in [0.05, 0.1) is 18.3 Å². The molecule has 0 saturated carbocycles. The number of quaternary nitrogens is 1. The van der Waals surface area contributed by atoms with Gasteiger partial charge in [-0.05, 0) is 13.3 Å². The number of halogens is 6. The van der Waals surface area contributed by atoms with Crippen LogP contribution in [0.1, 0.15) is 26.7 Å². The first-order chi connectivity index (χ1) is 9.94. The van der Waals surface area contributed by atoms with Crippen molar-refractivity contribution in [3.8, 4) is 0 Å². The second kappa shape index (κ2) is 6.32. The van der Waals surface area contributed by atoms with Gasteiger partial charge >= 0.3 is 39.0 Å². The van der Waals surface area contributed by atoms with Crippen molar-refractivity contribution >= 4 is 13.8 Å². The number of hydrogen-bond acceptors (Lipinski definition) is 2. The number of hydrogen-bond donors (Lipinski definition) is 1. The Hall–Kier alpha value is -1.28. The maximum atomic E-state index is 10.9. The first-order valence-corrected chi connectivity index (χ1v) is 8.72. The van der Waals surface area contributed by atoms with Gasteiger partial charge in [0.2, 0.25) is 0 Å². The Kier molecular flexibility index (Phi) is 5.96. The van der Waals surface area contributed by atoms with Gasteiger partial charge in [-0.2, -0.15) is 0 Å². The molecule has 1 aliphatic heterocycles. The van der Waals surface area contributed by atoms with Crippen LogP contribution in [-0.2, 0) is 4.79 Å². The minimum atomic E-state index is -10.7. The van der Waals surface area contributed by atoms with Crippen molar-refractivity contribution in [3.05, 3.63) is 24.2 Å². The van der Waals surface area contributed by atoms with Crippen LogP contribution in [0, 0.1) is 0 Å². The number of unbranched alkanes of at least 4 members (excludes halogenated alkanes) is 1. The molecule has 1 unspecified atom stereocenters. The van der Waals surface area contributed by atoms with Gasteiger partial charge in [-0.25, -0.2) is 4.79 Å². The average molecular weight is 370 g/mol. The first-order valence-electron chi connectivity index (χ1n) is 6.69. The maximum absolute atomic E-state index is 10.9. The van der Waals surface area contributed by atoms with Crippen molar-refractivity contribution < 1.29 is 39.6 Å². The molecule has 0 fully saturated rings. The van der Waals surface area contributed by atoms with Gasteiger partial charge in [0.25, 0.3) is 0 Å². The third kappa shape index (κ3) is 12.9. The molecule has 4 nitrogen and oxygen atoms in total. The molecule has 1 heterocycles. The molecule has 0 spiro atoms. The normalized spacial score (nSPS) is 24.6. The average Bonchev–Trinajstić information content (AvgIpc) is 2.64. The summed E-state index contributed by atoms with van der Waals surface area (Å²) in [5.74, 6) is -0.836. The van der Waals surface area contributed by atoms with E-state index in [1.165, 1.54) is 0 Å². The zero-order valence-corrected chi connectivity index (χ0v) is 13.9. The van der Waals surface area contributed by atoms with Gasteiger partial charge in [-0.1, -0.05) is 13.3 Å². The van der Waals surface area contributed by atoms with Gasteiger partial charge in [-0.15, -0.1) is 0 Å².